The van der Waals surface area contributed by atoms with Gasteiger partial charge in [0.25, 0.3) is 0 Å². The Kier molecular flexibility index (Phi) is 8.01. The van der Waals surface area contributed by atoms with Gasteiger partial charge >= 0.3 is 0 Å². The minimum absolute atomic E-state index is 0.0158. The predicted molar refractivity (Wildman–Crippen MR) is 111 cm³/mol. The van der Waals surface area contributed by atoms with E-state index in [-0.39, 0.29) is 23.3 Å². The molecule has 2 rings (SSSR count). The summed E-state index contributed by atoms with van der Waals surface area (Å²) in [7, 11) is -3.82. The molecule has 2 atom stereocenters. The van der Waals surface area contributed by atoms with Crippen molar-refractivity contribution in [1.29, 1.82) is 0 Å². The zero-order valence-electron chi connectivity index (χ0n) is 15.5. The fourth-order valence-corrected chi connectivity index (χ4v) is 4.22. The van der Waals surface area contributed by atoms with Crippen LogP contribution in [-0.2, 0) is 21.2 Å². The standard InChI is InChI=1S/C20H25BrN2O3S/c1-3-7-15(2)22-20(24)19(14-16-8-5-4-6-9-16)23-27(25,26)18-12-10-17(21)11-13-18/h4-6,8-13,15,19,23H,3,7,14H2,1-2H3,(H,22,24)/t15-,19+/m0/s1. The van der Waals surface area contributed by atoms with Crippen molar-refractivity contribution in [3.05, 3.63) is 64.6 Å². The minimum Gasteiger partial charge on any atom is -0.352 e. The molecule has 0 bridgehead atoms. The number of nitrogens with one attached hydrogen (secondary N) is 2. The van der Waals surface area contributed by atoms with Crippen molar-refractivity contribution in [2.45, 2.75) is 50.1 Å². The van der Waals surface area contributed by atoms with Crippen LogP contribution in [0.15, 0.2) is 64.0 Å². The number of carbonyl (C=O) groups excluding carboxylic acids is 1. The van der Waals surface area contributed by atoms with Crippen LogP contribution >= 0.6 is 15.9 Å². The highest BCUT2D eigenvalue weighted by atomic mass is 79.9. The first kappa shape index (κ1) is 21.6. The van der Waals surface area contributed by atoms with Gasteiger partial charge in [0.05, 0.1) is 4.90 Å². The Morgan fingerprint density at radius 2 is 1.70 bits per heavy atom. The maximum atomic E-state index is 12.8. The highest BCUT2D eigenvalue weighted by molar-refractivity contribution is 9.10. The molecule has 0 aliphatic carbocycles. The summed E-state index contributed by atoms with van der Waals surface area (Å²) in [5, 5.41) is 2.91. The molecule has 0 aliphatic rings. The first-order valence-electron chi connectivity index (χ1n) is 8.94. The summed E-state index contributed by atoms with van der Waals surface area (Å²) in [5.74, 6) is -0.319. The second kappa shape index (κ2) is 10.0. The molecule has 2 aromatic carbocycles. The summed E-state index contributed by atoms with van der Waals surface area (Å²) in [5.41, 5.74) is 0.888. The maximum absolute atomic E-state index is 12.8. The lowest BCUT2D eigenvalue weighted by molar-refractivity contribution is -0.123. The zero-order valence-corrected chi connectivity index (χ0v) is 17.9. The number of sulfonamides is 1. The first-order chi connectivity index (χ1) is 12.8. The van der Waals surface area contributed by atoms with Crippen LogP contribution in [0.25, 0.3) is 0 Å². The fraction of sp³-hybridized carbons (Fsp3) is 0.350. The van der Waals surface area contributed by atoms with E-state index in [1.165, 1.54) is 12.1 Å². The third-order valence-electron chi connectivity index (χ3n) is 4.13. The average molecular weight is 453 g/mol. The number of hydrogen-bond acceptors (Lipinski definition) is 3. The highest BCUT2D eigenvalue weighted by Crippen LogP contribution is 2.16. The average Bonchev–Trinajstić information content (AvgIpc) is 2.62. The van der Waals surface area contributed by atoms with Gasteiger partial charge < -0.3 is 5.32 Å². The number of rotatable bonds is 9. The van der Waals surface area contributed by atoms with E-state index < -0.39 is 16.1 Å². The van der Waals surface area contributed by atoms with Crippen LogP contribution in [0.3, 0.4) is 0 Å². The molecular formula is C20H25BrN2O3S. The van der Waals surface area contributed by atoms with Gasteiger partial charge in [-0.25, -0.2) is 8.42 Å². The molecule has 2 aromatic rings. The Morgan fingerprint density at radius 1 is 1.07 bits per heavy atom. The van der Waals surface area contributed by atoms with Gasteiger partial charge in [0.1, 0.15) is 6.04 Å². The molecule has 0 fully saturated rings. The van der Waals surface area contributed by atoms with Gasteiger partial charge in [0.2, 0.25) is 15.9 Å². The molecule has 146 valence electrons. The molecule has 0 unspecified atom stereocenters. The first-order valence-corrected chi connectivity index (χ1v) is 11.2. The zero-order chi connectivity index (χ0) is 19.9. The Hall–Kier alpha value is -1.70. The molecule has 0 spiro atoms. The molecule has 0 heterocycles. The summed E-state index contributed by atoms with van der Waals surface area (Å²) in [6.07, 6.45) is 2.06. The molecule has 2 N–H and O–H groups in total. The quantitative estimate of drug-likeness (QED) is 0.609. The monoisotopic (exact) mass is 452 g/mol. The van der Waals surface area contributed by atoms with Crippen LogP contribution in [-0.4, -0.2) is 26.4 Å². The second-order valence-electron chi connectivity index (χ2n) is 6.52. The molecule has 5 nitrogen and oxygen atoms in total. The van der Waals surface area contributed by atoms with Crippen LogP contribution in [0.1, 0.15) is 32.3 Å². The van der Waals surface area contributed by atoms with Crippen LogP contribution in [0.5, 0.6) is 0 Å². The summed E-state index contributed by atoms with van der Waals surface area (Å²) >= 11 is 3.29. The molecule has 1 amide bonds. The summed E-state index contributed by atoms with van der Waals surface area (Å²) < 4.78 is 28.9. The third kappa shape index (κ3) is 6.75. The van der Waals surface area contributed by atoms with E-state index in [1.54, 1.807) is 12.1 Å². The Labute approximate surface area is 169 Å². The number of amides is 1. The van der Waals surface area contributed by atoms with E-state index >= 15 is 0 Å². The van der Waals surface area contributed by atoms with E-state index in [0.29, 0.717) is 0 Å². The van der Waals surface area contributed by atoms with Gasteiger partial charge in [0, 0.05) is 10.5 Å². The Morgan fingerprint density at radius 3 is 2.30 bits per heavy atom. The topological polar surface area (TPSA) is 75.3 Å². The number of benzene rings is 2. The molecule has 0 aromatic heterocycles. The minimum atomic E-state index is -3.82. The highest BCUT2D eigenvalue weighted by Gasteiger charge is 2.26. The SMILES string of the molecule is CCC[C@H](C)NC(=O)[C@@H](Cc1ccccc1)NS(=O)(=O)c1ccc(Br)cc1. The molecule has 0 saturated heterocycles. The van der Waals surface area contributed by atoms with Crippen molar-refractivity contribution >= 4 is 31.9 Å². The van der Waals surface area contributed by atoms with E-state index in [9.17, 15) is 13.2 Å². The molecular weight excluding hydrogens is 428 g/mol. The summed E-state index contributed by atoms with van der Waals surface area (Å²) in [4.78, 5) is 12.9. The Bertz CT molecular complexity index is 839. The van der Waals surface area contributed by atoms with Crippen LogP contribution in [0, 0.1) is 0 Å². The lowest BCUT2D eigenvalue weighted by Crippen LogP contribution is -2.50. The molecule has 7 heteroatoms. The second-order valence-corrected chi connectivity index (χ2v) is 9.15. The van der Waals surface area contributed by atoms with Crippen molar-refractivity contribution in [3.63, 3.8) is 0 Å². The van der Waals surface area contributed by atoms with Crippen LogP contribution in [0.2, 0.25) is 0 Å². The molecule has 0 radical (unpaired) electrons. The smallest absolute Gasteiger partial charge is 0.241 e. The van der Waals surface area contributed by atoms with Crippen molar-refractivity contribution in [2.24, 2.45) is 0 Å². The lowest BCUT2D eigenvalue weighted by Gasteiger charge is -2.21. The van der Waals surface area contributed by atoms with E-state index in [0.717, 1.165) is 22.9 Å². The van der Waals surface area contributed by atoms with Gasteiger partial charge in [0.15, 0.2) is 0 Å². The molecule has 27 heavy (non-hydrogen) atoms. The van der Waals surface area contributed by atoms with Crippen molar-refractivity contribution in [2.75, 3.05) is 0 Å². The number of carbonyl (C=O) groups is 1. The largest absolute Gasteiger partial charge is 0.352 e. The van der Waals surface area contributed by atoms with Crippen molar-refractivity contribution < 1.29 is 13.2 Å². The van der Waals surface area contributed by atoms with E-state index in [4.69, 9.17) is 0 Å². The van der Waals surface area contributed by atoms with Gasteiger partial charge in [-0.3, -0.25) is 4.79 Å². The van der Waals surface area contributed by atoms with Crippen molar-refractivity contribution in [3.8, 4) is 0 Å². The van der Waals surface area contributed by atoms with E-state index in [1.807, 2.05) is 44.2 Å². The maximum Gasteiger partial charge on any atom is 0.241 e. The van der Waals surface area contributed by atoms with Crippen molar-refractivity contribution in [1.82, 2.24) is 10.0 Å². The summed E-state index contributed by atoms with van der Waals surface area (Å²) in [6, 6.07) is 14.8. The van der Waals surface area contributed by atoms with Gasteiger partial charge in [-0.2, -0.15) is 4.72 Å². The predicted octanol–water partition coefficient (Wildman–Crippen LogP) is 3.64. The van der Waals surface area contributed by atoms with Crippen LogP contribution in [0.4, 0.5) is 0 Å². The van der Waals surface area contributed by atoms with Gasteiger partial charge in [-0.15, -0.1) is 0 Å². The third-order valence-corrected chi connectivity index (χ3v) is 6.15. The van der Waals surface area contributed by atoms with Gasteiger partial charge in [-0.1, -0.05) is 59.6 Å². The number of hydrogen-bond donors (Lipinski definition) is 2. The normalized spacial score (nSPS) is 13.7. The lowest BCUT2D eigenvalue weighted by atomic mass is 10.1. The van der Waals surface area contributed by atoms with E-state index in [2.05, 4.69) is 26.0 Å². The van der Waals surface area contributed by atoms with Crippen LogP contribution < -0.4 is 10.0 Å². The summed E-state index contributed by atoms with van der Waals surface area (Å²) in [6.45, 7) is 3.96. The molecule has 0 saturated carbocycles. The van der Waals surface area contributed by atoms with Gasteiger partial charge in [-0.05, 0) is 49.6 Å². The number of halogens is 1. The molecule has 0 aliphatic heterocycles. The Balaban J connectivity index is 2.22. The fourth-order valence-electron chi connectivity index (χ4n) is 2.76.